The summed E-state index contributed by atoms with van der Waals surface area (Å²) in [5, 5.41) is -0.403. The molecule has 0 aromatic heterocycles. The maximum atomic E-state index is 11.5. The van der Waals surface area contributed by atoms with E-state index >= 15 is 0 Å². The van der Waals surface area contributed by atoms with E-state index in [1.165, 1.54) is 0 Å². The minimum Gasteiger partial charge on any atom is -0.314 e. The SMILES string of the molecule is CN1C(=O)C(Cl)Cc2ccccc21. The number of hydrogen-bond acceptors (Lipinski definition) is 1. The molecule has 0 aliphatic carbocycles. The Labute approximate surface area is 82.1 Å². The normalized spacial score (nSPS) is 21.5. The van der Waals surface area contributed by atoms with Crippen molar-refractivity contribution in [2.75, 3.05) is 11.9 Å². The molecule has 0 spiro atoms. The second-order valence-electron chi connectivity index (χ2n) is 3.20. The number of carbonyl (C=O) groups is 1. The summed E-state index contributed by atoms with van der Waals surface area (Å²) >= 11 is 5.90. The Morgan fingerprint density at radius 2 is 2.15 bits per heavy atom. The van der Waals surface area contributed by atoms with Crippen LogP contribution >= 0.6 is 11.6 Å². The molecule has 1 aliphatic rings. The number of anilines is 1. The zero-order chi connectivity index (χ0) is 9.42. The van der Waals surface area contributed by atoms with Gasteiger partial charge in [-0.1, -0.05) is 18.2 Å². The zero-order valence-electron chi connectivity index (χ0n) is 7.33. The molecule has 0 radical (unpaired) electrons. The summed E-state index contributed by atoms with van der Waals surface area (Å²) < 4.78 is 0. The molecule has 1 amide bonds. The van der Waals surface area contributed by atoms with E-state index in [1.807, 2.05) is 24.3 Å². The van der Waals surface area contributed by atoms with E-state index in [0.29, 0.717) is 6.42 Å². The molecule has 1 aliphatic heterocycles. The van der Waals surface area contributed by atoms with Crippen LogP contribution in [0.3, 0.4) is 0 Å². The Hall–Kier alpha value is -1.02. The van der Waals surface area contributed by atoms with Gasteiger partial charge in [0.2, 0.25) is 5.91 Å². The third-order valence-electron chi connectivity index (χ3n) is 2.35. The number of hydrogen-bond donors (Lipinski definition) is 0. The number of para-hydroxylation sites is 1. The van der Waals surface area contributed by atoms with Crippen molar-refractivity contribution in [3.05, 3.63) is 29.8 Å². The van der Waals surface area contributed by atoms with Gasteiger partial charge in [-0.2, -0.15) is 0 Å². The van der Waals surface area contributed by atoms with E-state index in [1.54, 1.807) is 11.9 Å². The van der Waals surface area contributed by atoms with Crippen LogP contribution in [0.2, 0.25) is 0 Å². The Morgan fingerprint density at radius 3 is 2.92 bits per heavy atom. The molecular weight excluding hydrogens is 186 g/mol. The summed E-state index contributed by atoms with van der Waals surface area (Å²) in [6.45, 7) is 0. The standard InChI is InChI=1S/C10H10ClNO/c1-12-9-5-3-2-4-7(9)6-8(11)10(12)13/h2-5,8H,6H2,1H3. The second-order valence-corrected chi connectivity index (χ2v) is 3.72. The highest BCUT2D eigenvalue weighted by molar-refractivity contribution is 6.33. The molecule has 1 aromatic carbocycles. The average Bonchev–Trinajstić information content (AvgIpc) is 2.15. The van der Waals surface area contributed by atoms with Crippen LogP contribution < -0.4 is 4.90 Å². The maximum Gasteiger partial charge on any atom is 0.245 e. The van der Waals surface area contributed by atoms with Gasteiger partial charge in [-0.25, -0.2) is 0 Å². The van der Waals surface area contributed by atoms with Crippen LogP contribution in [0.4, 0.5) is 5.69 Å². The lowest BCUT2D eigenvalue weighted by molar-refractivity contribution is -0.118. The molecule has 68 valence electrons. The first-order valence-corrected chi connectivity index (χ1v) is 4.63. The van der Waals surface area contributed by atoms with Gasteiger partial charge in [0, 0.05) is 12.7 Å². The molecule has 3 heteroatoms. The quantitative estimate of drug-likeness (QED) is 0.579. The van der Waals surface area contributed by atoms with E-state index in [4.69, 9.17) is 11.6 Å². The lowest BCUT2D eigenvalue weighted by Crippen LogP contribution is -2.39. The van der Waals surface area contributed by atoms with Crippen molar-refractivity contribution in [2.45, 2.75) is 11.8 Å². The highest BCUT2D eigenvalue weighted by atomic mass is 35.5. The van der Waals surface area contributed by atoms with Gasteiger partial charge in [0.1, 0.15) is 5.38 Å². The minimum atomic E-state index is -0.403. The van der Waals surface area contributed by atoms with Crippen LogP contribution in [-0.2, 0) is 11.2 Å². The Bertz CT molecular complexity index is 351. The first kappa shape index (κ1) is 8.57. The van der Waals surface area contributed by atoms with Crippen LogP contribution in [0.15, 0.2) is 24.3 Å². The molecule has 1 atom stereocenters. The van der Waals surface area contributed by atoms with Gasteiger partial charge in [-0.3, -0.25) is 4.79 Å². The molecule has 0 fully saturated rings. The molecule has 13 heavy (non-hydrogen) atoms. The van der Waals surface area contributed by atoms with Crippen molar-refractivity contribution in [3.63, 3.8) is 0 Å². The van der Waals surface area contributed by atoms with Crippen molar-refractivity contribution in [2.24, 2.45) is 0 Å². The first-order chi connectivity index (χ1) is 6.20. The van der Waals surface area contributed by atoms with Gasteiger partial charge < -0.3 is 4.90 Å². The molecule has 0 N–H and O–H groups in total. The largest absolute Gasteiger partial charge is 0.314 e. The van der Waals surface area contributed by atoms with Crippen LogP contribution in [0.5, 0.6) is 0 Å². The van der Waals surface area contributed by atoms with Gasteiger partial charge >= 0.3 is 0 Å². The Balaban J connectivity index is 2.49. The van der Waals surface area contributed by atoms with Gasteiger partial charge in [0.15, 0.2) is 0 Å². The van der Waals surface area contributed by atoms with Crippen molar-refractivity contribution in [1.82, 2.24) is 0 Å². The minimum absolute atomic E-state index is 0.0135. The third kappa shape index (κ3) is 1.31. The highest BCUT2D eigenvalue weighted by Crippen LogP contribution is 2.28. The Kier molecular flexibility index (Phi) is 2.00. The van der Waals surface area contributed by atoms with E-state index in [9.17, 15) is 4.79 Å². The Morgan fingerprint density at radius 1 is 1.46 bits per heavy atom. The van der Waals surface area contributed by atoms with E-state index in [-0.39, 0.29) is 5.91 Å². The molecule has 2 nitrogen and oxygen atoms in total. The van der Waals surface area contributed by atoms with Crippen LogP contribution in [0.1, 0.15) is 5.56 Å². The van der Waals surface area contributed by atoms with E-state index in [2.05, 4.69) is 0 Å². The number of halogens is 1. The number of rotatable bonds is 0. The van der Waals surface area contributed by atoms with Gasteiger partial charge in [0.25, 0.3) is 0 Å². The number of nitrogens with zero attached hydrogens (tertiary/aromatic N) is 1. The highest BCUT2D eigenvalue weighted by Gasteiger charge is 2.28. The molecule has 0 bridgehead atoms. The van der Waals surface area contributed by atoms with Crippen molar-refractivity contribution in [3.8, 4) is 0 Å². The van der Waals surface area contributed by atoms with Crippen LogP contribution in [-0.4, -0.2) is 18.3 Å². The fourth-order valence-corrected chi connectivity index (χ4v) is 1.93. The summed E-state index contributed by atoms with van der Waals surface area (Å²) in [7, 11) is 1.76. The van der Waals surface area contributed by atoms with E-state index in [0.717, 1.165) is 11.3 Å². The van der Waals surface area contributed by atoms with Gasteiger partial charge in [-0.15, -0.1) is 11.6 Å². The predicted molar refractivity (Wildman–Crippen MR) is 53.2 cm³/mol. The van der Waals surface area contributed by atoms with Crippen molar-refractivity contribution >= 4 is 23.2 Å². The number of fused-ring (bicyclic) bond motifs is 1. The summed E-state index contributed by atoms with van der Waals surface area (Å²) in [5.74, 6) is -0.0135. The van der Waals surface area contributed by atoms with Crippen LogP contribution in [0.25, 0.3) is 0 Å². The molecule has 1 unspecified atom stereocenters. The smallest absolute Gasteiger partial charge is 0.245 e. The molecule has 0 saturated carbocycles. The van der Waals surface area contributed by atoms with Gasteiger partial charge in [0.05, 0.1) is 0 Å². The number of alkyl halides is 1. The molecule has 1 aromatic rings. The average molecular weight is 196 g/mol. The third-order valence-corrected chi connectivity index (χ3v) is 2.69. The summed E-state index contributed by atoms with van der Waals surface area (Å²) in [6, 6.07) is 7.84. The summed E-state index contributed by atoms with van der Waals surface area (Å²) in [4.78, 5) is 13.1. The molecule has 2 rings (SSSR count). The maximum absolute atomic E-state index is 11.5. The van der Waals surface area contributed by atoms with E-state index < -0.39 is 5.38 Å². The predicted octanol–water partition coefficient (Wildman–Crippen LogP) is 1.81. The summed E-state index contributed by atoms with van der Waals surface area (Å²) in [5.41, 5.74) is 2.12. The van der Waals surface area contributed by atoms with Crippen molar-refractivity contribution < 1.29 is 4.79 Å². The fourth-order valence-electron chi connectivity index (χ4n) is 1.62. The number of benzene rings is 1. The zero-order valence-corrected chi connectivity index (χ0v) is 8.08. The second kappa shape index (κ2) is 3.04. The number of carbonyl (C=O) groups excluding carboxylic acids is 1. The topological polar surface area (TPSA) is 20.3 Å². The monoisotopic (exact) mass is 195 g/mol. The number of amides is 1. The van der Waals surface area contributed by atoms with Crippen LogP contribution in [0, 0.1) is 0 Å². The van der Waals surface area contributed by atoms with Gasteiger partial charge in [-0.05, 0) is 18.1 Å². The lowest BCUT2D eigenvalue weighted by Gasteiger charge is -2.28. The fraction of sp³-hybridized carbons (Fsp3) is 0.300. The first-order valence-electron chi connectivity index (χ1n) is 4.19. The lowest BCUT2D eigenvalue weighted by atomic mass is 10.0. The summed E-state index contributed by atoms with van der Waals surface area (Å²) in [6.07, 6.45) is 0.640. The molecule has 0 saturated heterocycles. The van der Waals surface area contributed by atoms with Crippen molar-refractivity contribution in [1.29, 1.82) is 0 Å². The molecule has 1 heterocycles. The molecular formula is C10H10ClNO.